The zero-order valence-corrected chi connectivity index (χ0v) is 24.5. The van der Waals surface area contributed by atoms with Gasteiger partial charge in [-0.2, -0.15) is 4.31 Å². The van der Waals surface area contributed by atoms with E-state index in [1.807, 2.05) is 18.2 Å². The minimum atomic E-state index is -4.13. The van der Waals surface area contributed by atoms with Crippen molar-refractivity contribution in [1.82, 2.24) is 18.8 Å². The Morgan fingerprint density at radius 1 is 1.17 bits per heavy atom. The van der Waals surface area contributed by atoms with Gasteiger partial charge in [0.05, 0.1) is 35.1 Å². The highest BCUT2D eigenvalue weighted by Gasteiger charge is 2.44. The Balaban J connectivity index is 1.33. The predicted molar refractivity (Wildman–Crippen MR) is 155 cm³/mol. The number of carbonyl (C=O) groups excluding carboxylic acids is 1. The Labute approximate surface area is 244 Å². The molecule has 2 saturated heterocycles. The number of carbonyl (C=O) groups is 1. The van der Waals surface area contributed by atoms with E-state index in [9.17, 15) is 23.3 Å². The molecule has 2 aliphatic rings. The van der Waals surface area contributed by atoms with Gasteiger partial charge in [0.1, 0.15) is 16.5 Å². The van der Waals surface area contributed by atoms with Crippen LogP contribution in [0.25, 0.3) is 11.0 Å². The number of methoxy groups -OCH3 is 2. The zero-order valence-electron chi connectivity index (χ0n) is 23.7. The lowest BCUT2D eigenvalue weighted by atomic mass is 9.94. The molecule has 1 unspecified atom stereocenters. The van der Waals surface area contributed by atoms with Crippen LogP contribution in [-0.2, 0) is 26.1 Å². The average molecular weight is 601 g/mol. The molecule has 0 bridgehead atoms. The van der Waals surface area contributed by atoms with E-state index in [-0.39, 0.29) is 41.2 Å². The number of nitrogens with zero attached hydrogens (tertiary/aromatic N) is 5. The van der Waals surface area contributed by atoms with Gasteiger partial charge in [-0.15, -0.1) is 0 Å². The molecule has 2 fully saturated rings. The van der Waals surface area contributed by atoms with Gasteiger partial charge in [0.15, 0.2) is 0 Å². The van der Waals surface area contributed by atoms with Crippen molar-refractivity contribution in [2.45, 2.75) is 42.7 Å². The number of ether oxygens (including phenoxy) is 2. The van der Waals surface area contributed by atoms with Gasteiger partial charge in [-0.1, -0.05) is 12.1 Å². The number of nitrogens with two attached hydrogens (primary N) is 1. The molecular formula is C28H36N6O7S. The Kier molecular flexibility index (Phi) is 8.78. The second kappa shape index (κ2) is 12.3. The Hall–Kier alpha value is -3.59. The van der Waals surface area contributed by atoms with E-state index < -0.39 is 26.9 Å². The number of nitro groups is 1. The van der Waals surface area contributed by atoms with E-state index in [4.69, 9.17) is 20.2 Å². The molecule has 14 heteroatoms. The molecule has 13 nitrogen and oxygen atoms in total. The fourth-order valence-electron chi connectivity index (χ4n) is 6.00. The highest BCUT2D eigenvalue weighted by molar-refractivity contribution is 7.89. The summed E-state index contributed by atoms with van der Waals surface area (Å²) >= 11 is 0. The lowest BCUT2D eigenvalue weighted by Gasteiger charge is -2.35. The van der Waals surface area contributed by atoms with Gasteiger partial charge in [0, 0.05) is 64.5 Å². The highest BCUT2D eigenvalue weighted by Crippen LogP contribution is 2.35. The number of likely N-dealkylation sites (tertiary alicyclic amines) is 1. The van der Waals surface area contributed by atoms with E-state index in [0.717, 1.165) is 60.9 Å². The average Bonchev–Trinajstić information content (AvgIpc) is 3.57. The second-order valence-corrected chi connectivity index (χ2v) is 12.7. The first-order valence-corrected chi connectivity index (χ1v) is 15.4. The van der Waals surface area contributed by atoms with Crippen LogP contribution < -0.4 is 10.5 Å². The summed E-state index contributed by atoms with van der Waals surface area (Å²) in [5, 5.41) is 11.2. The maximum atomic E-state index is 13.8. The normalized spacial score (nSPS) is 21.6. The Bertz CT molecular complexity index is 1580. The molecule has 5 rings (SSSR count). The van der Waals surface area contributed by atoms with Gasteiger partial charge in [0.25, 0.3) is 5.69 Å². The number of imidazole rings is 1. The van der Waals surface area contributed by atoms with E-state index in [1.165, 1.54) is 11.4 Å². The molecule has 3 heterocycles. The summed E-state index contributed by atoms with van der Waals surface area (Å²) in [5.74, 6) is -0.0695. The Morgan fingerprint density at radius 2 is 1.95 bits per heavy atom. The van der Waals surface area contributed by atoms with E-state index in [1.54, 1.807) is 12.0 Å². The van der Waals surface area contributed by atoms with Gasteiger partial charge in [-0.05, 0) is 37.5 Å². The molecular weight excluding hydrogens is 564 g/mol. The monoisotopic (exact) mass is 600 g/mol. The summed E-state index contributed by atoms with van der Waals surface area (Å²) in [6.45, 7) is 2.28. The molecule has 3 atom stereocenters. The number of hydrogen-bond donors (Lipinski definition) is 1. The van der Waals surface area contributed by atoms with Crippen LogP contribution in [0.3, 0.4) is 0 Å². The van der Waals surface area contributed by atoms with Crippen LogP contribution in [0, 0.1) is 16.0 Å². The third-order valence-corrected chi connectivity index (χ3v) is 10.0. The number of nitro benzene ring substituents is 1. The minimum Gasteiger partial charge on any atom is -0.495 e. The molecule has 0 saturated carbocycles. The van der Waals surface area contributed by atoms with Gasteiger partial charge in [0.2, 0.25) is 15.9 Å². The third-order valence-electron chi connectivity index (χ3n) is 8.14. The van der Waals surface area contributed by atoms with E-state index in [2.05, 4.69) is 10.6 Å². The summed E-state index contributed by atoms with van der Waals surface area (Å²) in [7, 11) is -1.20. The first-order valence-electron chi connectivity index (χ1n) is 14.0. The number of benzene rings is 2. The van der Waals surface area contributed by atoms with Crippen LogP contribution in [0.15, 0.2) is 47.4 Å². The van der Waals surface area contributed by atoms with Gasteiger partial charge >= 0.3 is 0 Å². The van der Waals surface area contributed by atoms with Gasteiger partial charge < -0.3 is 24.7 Å². The number of sulfonamides is 1. The van der Waals surface area contributed by atoms with Crippen LogP contribution in [-0.4, -0.2) is 91.1 Å². The number of aromatic nitrogens is 2. The van der Waals surface area contributed by atoms with Crippen molar-refractivity contribution < 1.29 is 27.6 Å². The minimum absolute atomic E-state index is 0.0273. The molecule has 3 aromatic rings. The molecule has 1 aromatic heterocycles. The fourth-order valence-corrected chi connectivity index (χ4v) is 7.64. The number of fused-ring (bicyclic) bond motifs is 1. The summed E-state index contributed by atoms with van der Waals surface area (Å²) in [6.07, 6.45) is 2.51. The lowest BCUT2D eigenvalue weighted by Crippen LogP contribution is -2.47. The number of aryl methyl sites for hydroxylation is 1. The molecule has 226 valence electrons. The number of para-hydroxylation sites is 2. The molecule has 2 aliphatic heterocycles. The van der Waals surface area contributed by atoms with Crippen molar-refractivity contribution in [3.05, 3.63) is 58.4 Å². The summed E-state index contributed by atoms with van der Waals surface area (Å²) < 4.78 is 40.9. The van der Waals surface area contributed by atoms with Crippen molar-refractivity contribution in [3.63, 3.8) is 0 Å². The largest absolute Gasteiger partial charge is 0.495 e. The molecule has 42 heavy (non-hydrogen) atoms. The van der Waals surface area contributed by atoms with Crippen molar-refractivity contribution in [2.24, 2.45) is 11.7 Å². The topological polar surface area (TPSA) is 163 Å². The van der Waals surface area contributed by atoms with E-state index in [0.29, 0.717) is 19.7 Å². The van der Waals surface area contributed by atoms with Crippen LogP contribution >= 0.6 is 0 Å². The SMILES string of the molecule is COCCCn1c(C2CCCN(C(=O)[C@@H]3CN(S(=O)(=O)c4ccc([N+](=O)[O-])cc4OC)C[C@H]3N)C2)nc2ccccc21. The van der Waals surface area contributed by atoms with Gasteiger partial charge in [-0.25, -0.2) is 13.4 Å². The number of piperidine rings is 1. The van der Waals surface area contributed by atoms with Crippen molar-refractivity contribution >= 4 is 32.7 Å². The van der Waals surface area contributed by atoms with Crippen molar-refractivity contribution in [3.8, 4) is 5.75 Å². The summed E-state index contributed by atoms with van der Waals surface area (Å²) in [4.78, 5) is 30.9. The lowest BCUT2D eigenvalue weighted by molar-refractivity contribution is -0.385. The quantitative estimate of drug-likeness (QED) is 0.209. The molecule has 0 spiro atoms. The standard InChI is InChI=1S/C28H36N6O7S/c1-40-14-6-13-33-24-9-4-3-8-23(24)30-27(33)19-7-5-12-31(16-19)28(35)21-17-32(18-22(21)29)42(38,39)26-11-10-20(34(36)37)15-25(26)41-2/h3-4,8-11,15,19,21-22H,5-7,12-14,16-18,29H2,1-2H3/t19?,21-,22-/m1/s1. The summed E-state index contributed by atoms with van der Waals surface area (Å²) in [6, 6.07) is 10.6. The third kappa shape index (κ3) is 5.71. The molecule has 0 radical (unpaired) electrons. The first kappa shape index (κ1) is 29.9. The molecule has 2 aromatic carbocycles. The highest BCUT2D eigenvalue weighted by atomic mass is 32.2. The van der Waals surface area contributed by atoms with E-state index >= 15 is 0 Å². The maximum Gasteiger partial charge on any atom is 0.273 e. The smallest absolute Gasteiger partial charge is 0.273 e. The number of rotatable bonds is 10. The van der Waals surface area contributed by atoms with Crippen LogP contribution in [0.5, 0.6) is 5.75 Å². The fraction of sp³-hybridized carbons (Fsp3) is 0.500. The second-order valence-electron chi connectivity index (χ2n) is 10.8. The predicted octanol–water partition coefficient (Wildman–Crippen LogP) is 2.34. The number of hydrogen-bond acceptors (Lipinski definition) is 9. The van der Waals surface area contributed by atoms with Crippen LogP contribution in [0.4, 0.5) is 5.69 Å². The first-order chi connectivity index (χ1) is 20.1. The maximum absolute atomic E-state index is 13.8. The molecule has 0 aliphatic carbocycles. The molecule has 1 amide bonds. The molecule has 2 N–H and O–H groups in total. The van der Waals surface area contributed by atoms with Crippen LogP contribution in [0.2, 0.25) is 0 Å². The van der Waals surface area contributed by atoms with Crippen molar-refractivity contribution in [1.29, 1.82) is 0 Å². The Morgan fingerprint density at radius 3 is 2.69 bits per heavy atom. The number of non-ortho nitro benzene ring substituents is 1. The van der Waals surface area contributed by atoms with Crippen molar-refractivity contribution in [2.75, 3.05) is 47.0 Å². The van der Waals surface area contributed by atoms with Gasteiger partial charge in [-0.3, -0.25) is 14.9 Å². The van der Waals surface area contributed by atoms with Crippen LogP contribution in [0.1, 0.15) is 31.0 Å². The summed E-state index contributed by atoms with van der Waals surface area (Å²) in [5.41, 5.74) is 8.04. The number of amides is 1. The zero-order chi connectivity index (χ0) is 30.0.